The van der Waals surface area contributed by atoms with E-state index >= 15 is 0 Å². The van der Waals surface area contributed by atoms with E-state index in [0.717, 1.165) is 48.3 Å². The molecular weight excluding hydrogens is 444 g/mol. The molecule has 0 radical (unpaired) electrons. The van der Waals surface area contributed by atoms with Crippen molar-refractivity contribution in [1.82, 2.24) is 14.8 Å². The Labute approximate surface area is 203 Å². The number of benzene rings is 2. The number of hydrogen-bond acceptors (Lipinski definition) is 7. The van der Waals surface area contributed by atoms with Crippen LogP contribution < -0.4 is 11.1 Å². The number of nitro benzene ring substituents is 1. The van der Waals surface area contributed by atoms with Gasteiger partial charge in [0.2, 0.25) is 0 Å². The van der Waals surface area contributed by atoms with Crippen LogP contribution in [0.1, 0.15) is 27.0 Å². The molecular formula is C26H28N6O3. The number of hydrogen-bond donors (Lipinski definition) is 2. The van der Waals surface area contributed by atoms with Crippen LogP contribution in [0.25, 0.3) is 0 Å². The topological polar surface area (TPSA) is 118 Å². The van der Waals surface area contributed by atoms with E-state index < -0.39 is 0 Å². The Morgan fingerprint density at radius 1 is 1.06 bits per heavy atom. The van der Waals surface area contributed by atoms with Crippen LogP contribution in [0.3, 0.4) is 0 Å². The molecule has 35 heavy (non-hydrogen) atoms. The molecule has 1 unspecified atom stereocenters. The first kappa shape index (κ1) is 22.8. The summed E-state index contributed by atoms with van der Waals surface area (Å²) >= 11 is 0. The number of rotatable bonds is 6. The second kappa shape index (κ2) is 9.71. The average Bonchev–Trinajstić information content (AvgIpc) is 3.33. The van der Waals surface area contributed by atoms with Gasteiger partial charge in [0.15, 0.2) is 0 Å². The van der Waals surface area contributed by atoms with Gasteiger partial charge >= 0.3 is 0 Å². The Hall–Kier alpha value is -3.98. The number of non-ortho nitro benzene ring substituents is 1. The van der Waals surface area contributed by atoms with Crippen molar-refractivity contribution in [3.63, 3.8) is 0 Å². The number of nitrogen functional groups attached to an aromatic ring is 1. The second-order valence-electron chi connectivity index (χ2n) is 9.04. The van der Waals surface area contributed by atoms with E-state index in [9.17, 15) is 14.9 Å². The molecule has 1 atom stereocenters. The molecule has 0 aliphatic carbocycles. The predicted octanol–water partition coefficient (Wildman–Crippen LogP) is 3.11. The number of anilines is 2. The number of fused-ring (bicyclic) bond motifs is 1. The maximum absolute atomic E-state index is 13.0. The SMILES string of the molecule is Nc1nccc2c1CC(N1CCN(C(=O)c3ccc(CCc4cccc([N+](=O)[O-])c4)cc3)CC1)N2. The molecule has 2 aliphatic heterocycles. The van der Waals surface area contributed by atoms with Crippen LogP contribution >= 0.6 is 0 Å². The molecule has 1 amide bonds. The third-order valence-corrected chi connectivity index (χ3v) is 6.88. The van der Waals surface area contributed by atoms with Crippen LogP contribution in [0.5, 0.6) is 0 Å². The maximum Gasteiger partial charge on any atom is 0.269 e. The van der Waals surface area contributed by atoms with Crippen molar-refractivity contribution >= 4 is 23.1 Å². The van der Waals surface area contributed by atoms with Crippen molar-refractivity contribution in [2.24, 2.45) is 0 Å². The number of carbonyl (C=O) groups excluding carboxylic acids is 1. The normalized spacial score (nSPS) is 17.6. The molecule has 1 fully saturated rings. The molecule has 3 N–H and O–H groups in total. The molecule has 0 bridgehead atoms. The Balaban J connectivity index is 1.13. The van der Waals surface area contributed by atoms with Gasteiger partial charge in [-0.25, -0.2) is 4.98 Å². The third kappa shape index (κ3) is 4.95. The summed E-state index contributed by atoms with van der Waals surface area (Å²) in [5.74, 6) is 0.630. The van der Waals surface area contributed by atoms with E-state index in [-0.39, 0.29) is 22.7 Å². The van der Waals surface area contributed by atoms with Gasteiger partial charge in [0.1, 0.15) is 5.82 Å². The van der Waals surface area contributed by atoms with Crippen molar-refractivity contribution in [1.29, 1.82) is 0 Å². The molecule has 0 saturated carbocycles. The van der Waals surface area contributed by atoms with Crippen LogP contribution in [-0.2, 0) is 19.3 Å². The summed E-state index contributed by atoms with van der Waals surface area (Å²) in [6, 6.07) is 16.4. The van der Waals surface area contributed by atoms with Gasteiger partial charge in [0.05, 0.1) is 11.1 Å². The highest BCUT2D eigenvalue weighted by atomic mass is 16.6. The van der Waals surface area contributed by atoms with Crippen molar-refractivity contribution in [3.8, 4) is 0 Å². The molecule has 3 heterocycles. The van der Waals surface area contributed by atoms with Gasteiger partial charge in [-0.3, -0.25) is 19.8 Å². The fourth-order valence-corrected chi connectivity index (χ4v) is 4.85. The lowest BCUT2D eigenvalue weighted by molar-refractivity contribution is -0.384. The highest BCUT2D eigenvalue weighted by molar-refractivity contribution is 5.94. The summed E-state index contributed by atoms with van der Waals surface area (Å²) in [5, 5.41) is 14.5. The van der Waals surface area contributed by atoms with Gasteiger partial charge in [-0.15, -0.1) is 0 Å². The molecule has 1 saturated heterocycles. The van der Waals surface area contributed by atoms with Crippen molar-refractivity contribution in [2.75, 3.05) is 37.2 Å². The number of nitrogens with zero attached hydrogens (tertiary/aromatic N) is 4. The molecule has 1 aromatic heterocycles. The lowest BCUT2D eigenvalue weighted by Gasteiger charge is -2.38. The molecule has 3 aromatic rings. The van der Waals surface area contributed by atoms with Crippen molar-refractivity contribution in [2.45, 2.75) is 25.4 Å². The number of nitrogens with two attached hydrogens (primary N) is 1. The molecule has 2 aliphatic rings. The Kier molecular flexibility index (Phi) is 6.33. The summed E-state index contributed by atoms with van der Waals surface area (Å²) in [6.45, 7) is 2.95. The van der Waals surface area contributed by atoms with Crippen LogP contribution in [0.4, 0.5) is 17.2 Å². The molecule has 9 heteroatoms. The summed E-state index contributed by atoms with van der Waals surface area (Å²) in [5.41, 5.74) is 11.0. The zero-order valence-corrected chi connectivity index (χ0v) is 19.4. The third-order valence-electron chi connectivity index (χ3n) is 6.88. The number of amides is 1. The number of aromatic nitrogens is 1. The van der Waals surface area contributed by atoms with E-state index in [1.165, 1.54) is 6.07 Å². The van der Waals surface area contributed by atoms with Gasteiger partial charge in [-0.05, 0) is 42.2 Å². The van der Waals surface area contributed by atoms with E-state index in [4.69, 9.17) is 5.73 Å². The van der Waals surface area contributed by atoms with E-state index in [0.29, 0.717) is 30.9 Å². The first-order chi connectivity index (χ1) is 17.0. The van der Waals surface area contributed by atoms with E-state index in [1.54, 1.807) is 18.3 Å². The zero-order chi connectivity index (χ0) is 24.4. The fraction of sp³-hybridized carbons (Fsp3) is 0.308. The highest BCUT2D eigenvalue weighted by Gasteiger charge is 2.31. The minimum atomic E-state index is -0.375. The van der Waals surface area contributed by atoms with Gasteiger partial charge < -0.3 is 16.0 Å². The maximum atomic E-state index is 13.0. The number of nitro groups is 1. The van der Waals surface area contributed by atoms with E-state index in [2.05, 4.69) is 15.2 Å². The summed E-state index contributed by atoms with van der Waals surface area (Å²) in [6.07, 6.45) is 4.18. The molecule has 180 valence electrons. The Bertz CT molecular complexity index is 1240. The second-order valence-corrected chi connectivity index (χ2v) is 9.04. The summed E-state index contributed by atoms with van der Waals surface area (Å²) < 4.78 is 0. The predicted molar refractivity (Wildman–Crippen MR) is 134 cm³/mol. The monoisotopic (exact) mass is 472 g/mol. The fourth-order valence-electron chi connectivity index (χ4n) is 4.85. The molecule has 9 nitrogen and oxygen atoms in total. The minimum absolute atomic E-state index is 0.0472. The lowest BCUT2D eigenvalue weighted by atomic mass is 10.0. The standard InChI is InChI=1S/C26H28N6O3/c27-25-22-17-24(29-23(22)10-11-28-25)30-12-14-31(15-13-30)26(33)20-8-6-18(7-9-20)4-5-19-2-1-3-21(16-19)32(34)35/h1-3,6-11,16,24,29H,4-5,12-15,17H2,(H2,27,28). The molecule has 5 rings (SSSR count). The summed E-state index contributed by atoms with van der Waals surface area (Å²) in [7, 11) is 0. The number of nitrogens with one attached hydrogen (secondary N) is 1. The van der Waals surface area contributed by atoms with Crippen LogP contribution in [-0.4, -0.2) is 58.0 Å². The molecule has 2 aromatic carbocycles. The average molecular weight is 473 g/mol. The first-order valence-corrected chi connectivity index (χ1v) is 11.8. The lowest BCUT2D eigenvalue weighted by Crippen LogP contribution is -2.53. The van der Waals surface area contributed by atoms with Crippen LogP contribution in [0.15, 0.2) is 60.8 Å². The molecule has 0 spiro atoms. The number of piperazine rings is 1. The number of pyridine rings is 1. The van der Waals surface area contributed by atoms with E-state index in [1.807, 2.05) is 41.3 Å². The van der Waals surface area contributed by atoms with Gasteiger partial charge in [-0.1, -0.05) is 24.3 Å². The van der Waals surface area contributed by atoms with Gasteiger partial charge in [0, 0.05) is 67.7 Å². The van der Waals surface area contributed by atoms with Gasteiger partial charge in [-0.2, -0.15) is 0 Å². The Morgan fingerprint density at radius 3 is 2.51 bits per heavy atom. The number of carbonyl (C=O) groups is 1. The van der Waals surface area contributed by atoms with Gasteiger partial charge in [0.25, 0.3) is 11.6 Å². The largest absolute Gasteiger partial charge is 0.383 e. The van der Waals surface area contributed by atoms with Crippen molar-refractivity contribution in [3.05, 3.63) is 93.2 Å². The minimum Gasteiger partial charge on any atom is -0.383 e. The van der Waals surface area contributed by atoms with Crippen LogP contribution in [0, 0.1) is 10.1 Å². The van der Waals surface area contributed by atoms with Crippen LogP contribution in [0.2, 0.25) is 0 Å². The first-order valence-electron chi connectivity index (χ1n) is 11.8. The summed E-state index contributed by atoms with van der Waals surface area (Å²) in [4.78, 5) is 32.1. The highest BCUT2D eigenvalue weighted by Crippen LogP contribution is 2.30. The zero-order valence-electron chi connectivity index (χ0n) is 19.4. The number of aryl methyl sites for hydroxylation is 2. The quantitative estimate of drug-likeness (QED) is 0.418. The Morgan fingerprint density at radius 2 is 1.80 bits per heavy atom. The van der Waals surface area contributed by atoms with Crippen molar-refractivity contribution < 1.29 is 9.72 Å². The smallest absolute Gasteiger partial charge is 0.269 e.